The lowest BCUT2D eigenvalue weighted by Gasteiger charge is -2.06. The van der Waals surface area contributed by atoms with Crippen LogP contribution in [0.3, 0.4) is 0 Å². The first kappa shape index (κ1) is 16.0. The molecule has 7 heteroatoms. The monoisotopic (exact) mass is 361 g/mol. The first-order valence-electron chi connectivity index (χ1n) is 6.71. The fourth-order valence-electron chi connectivity index (χ4n) is 2.02. The van der Waals surface area contributed by atoms with E-state index in [9.17, 15) is 4.79 Å². The number of hydrogen-bond acceptors (Lipinski definition) is 5. The minimum Gasteiger partial charge on any atom is -0.321 e. The van der Waals surface area contributed by atoms with Gasteiger partial charge in [-0.1, -0.05) is 34.3 Å². The van der Waals surface area contributed by atoms with E-state index in [-0.39, 0.29) is 5.91 Å². The molecule has 1 aromatic heterocycles. The summed E-state index contributed by atoms with van der Waals surface area (Å²) < 4.78 is 3.91. The first-order chi connectivity index (χ1) is 11.2. The molecule has 0 spiro atoms. The summed E-state index contributed by atoms with van der Waals surface area (Å²) in [4.78, 5) is 14.1. The van der Waals surface area contributed by atoms with Gasteiger partial charge in [0, 0.05) is 21.2 Å². The molecule has 0 aliphatic heterocycles. The molecule has 0 aliphatic rings. The number of halogens is 1. The number of anilines is 1. The Kier molecular flexibility index (Phi) is 4.95. The van der Waals surface area contributed by atoms with Crippen molar-refractivity contribution in [2.45, 2.75) is 4.90 Å². The van der Waals surface area contributed by atoms with Crippen LogP contribution in [-0.2, 0) is 0 Å². The van der Waals surface area contributed by atoms with Crippen LogP contribution in [0.4, 0.5) is 5.69 Å². The molecule has 0 atom stereocenters. The maximum Gasteiger partial charge on any atom is 0.269 e. The van der Waals surface area contributed by atoms with Crippen LogP contribution in [0.5, 0.6) is 0 Å². The summed E-state index contributed by atoms with van der Waals surface area (Å²) in [6.45, 7) is 0. The van der Waals surface area contributed by atoms with E-state index in [1.54, 1.807) is 23.9 Å². The summed E-state index contributed by atoms with van der Waals surface area (Å²) in [6.07, 6.45) is 1.99. The van der Waals surface area contributed by atoms with E-state index in [0.717, 1.165) is 27.7 Å². The lowest BCUT2D eigenvalue weighted by molar-refractivity contribution is 0.103. The standard InChI is InChI=1S/C16H12ClN3OS2/c1-22-13-4-2-3-12(9-13)18-16(21)15-14(19-20-23-15)10-5-7-11(17)8-6-10/h2-9H,1H3,(H,18,21). The molecule has 0 saturated heterocycles. The molecule has 0 unspecified atom stereocenters. The van der Waals surface area contributed by atoms with E-state index in [2.05, 4.69) is 14.9 Å². The molecule has 0 aliphatic carbocycles. The Labute approximate surface area is 147 Å². The quantitative estimate of drug-likeness (QED) is 0.676. The number of amides is 1. The van der Waals surface area contributed by atoms with E-state index < -0.39 is 0 Å². The smallest absolute Gasteiger partial charge is 0.269 e. The zero-order valence-electron chi connectivity index (χ0n) is 12.1. The van der Waals surface area contributed by atoms with Crippen LogP contribution in [0.1, 0.15) is 9.67 Å². The molecule has 116 valence electrons. The van der Waals surface area contributed by atoms with E-state index in [1.807, 2.05) is 42.7 Å². The lowest BCUT2D eigenvalue weighted by atomic mass is 10.1. The van der Waals surface area contributed by atoms with Crippen molar-refractivity contribution in [3.63, 3.8) is 0 Å². The Morgan fingerprint density at radius 3 is 2.74 bits per heavy atom. The van der Waals surface area contributed by atoms with Gasteiger partial charge in [0.15, 0.2) is 0 Å². The normalized spacial score (nSPS) is 10.5. The predicted octanol–water partition coefficient (Wildman–Crippen LogP) is 4.83. The Bertz CT molecular complexity index is 833. The van der Waals surface area contributed by atoms with Crippen molar-refractivity contribution in [3.8, 4) is 11.3 Å². The highest BCUT2D eigenvalue weighted by Crippen LogP contribution is 2.26. The number of nitrogens with zero attached hydrogens (tertiary/aromatic N) is 2. The molecule has 4 nitrogen and oxygen atoms in total. The molecular formula is C16H12ClN3OS2. The molecule has 23 heavy (non-hydrogen) atoms. The average molecular weight is 362 g/mol. The summed E-state index contributed by atoms with van der Waals surface area (Å²) >= 11 is 8.59. The van der Waals surface area contributed by atoms with E-state index in [1.165, 1.54) is 0 Å². The highest BCUT2D eigenvalue weighted by Gasteiger charge is 2.18. The van der Waals surface area contributed by atoms with Crippen LogP contribution in [-0.4, -0.2) is 21.7 Å². The van der Waals surface area contributed by atoms with Crippen LogP contribution in [0.15, 0.2) is 53.4 Å². The molecule has 2 aromatic carbocycles. The SMILES string of the molecule is CSc1cccc(NC(=O)c2snnc2-c2ccc(Cl)cc2)c1. The number of rotatable bonds is 4. The van der Waals surface area contributed by atoms with E-state index >= 15 is 0 Å². The van der Waals surface area contributed by atoms with Gasteiger partial charge >= 0.3 is 0 Å². The number of benzene rings is 2. The second-order valence-corrected chi connectivity index (χ2v) is 6.71. The molecule has 1 N–H and O–H groups in total. The van der Waals surface area contributed by atoms with E-state index in [0.29, 0.717) is 15.6 Å². The number of thioether (sulfide) groups is 1. The number of hydrogen-bond donors (Lipinski definition) is 1. The summed E-state index contributed by atoms with van der Waals surface area (Å²) in [6, 6.07) is 14.9. The molecule has 0 fully saturated rings. The van der Waals surface area contributed by atoms with Crippen LogP contribution >= 0.6 is 34.9 Å². The van der Waals surface area contributed by atoms with Gasteiger partial charge in [0.05, 0.1) is 0 Å². The van der Waals surface area contributed by atoms with Crippen molar-refractivity contribution >= 4 is 46.5 Å². The third-order valence-electron chi connectivity index (χ3n) is 3.14. The molecule has 3 aromatic rings. The van der Waals surface area contributed by atoms with Crippen LogP contribution in [0, 0.1) is 0 Å². The second-order valence-electron chi connectivity index (χ2n) is 4.64. The highest BCUT2D eigenvalue weighted by atomic mass is 35.5. The van der Waals surface area contributed by atoms with Crippen LogP contribution in [0.25, 0.3) is 11.3 Å². The second kappa shape index (κ2) is 7.12. The number of carbonyl (C=O) groups is 1. The number of carbonyl (C=O) groups excluding carboxylic acids is 1. The zero-order valence-corrected chi connectivity index (χ0v) is 14.5. The van der Waals surface area contributed by atoms with Crippen molar-refractivity contribution in [2.24, 2.45) is 0 Å². The Hall–Kier alpha value is -1.89. The van der Waals surface area contributed by atoms with E-state index in [4.69, 9.17) is 11.6 Å². The largest absolute Gasteiger partial charge is 0.321 e. The van der Waals surface area contributed by atoms with Crippen molar-refractivity contribution in [1.82, 2.24) is 9.59 Å². The predicted molar refractivity (Wildman–Crippen MR) is 96.5 cm³/mol. The fourth-order valence-corrected chi connectivity index (χ4v) is 3.19. The molecule has 0 bridgehead atoms. The van der Waals surface area contributed by atoms with Gasteiger partial charge in [0.1, 0.15) is 10.6 Å². The molecular weight excluding hydrogens is 350 g/mol. The maximum absolute atomic E-state index is 12.5. The minimum atomic E-state index is -0.219. The molecule has 1 amide bonds. The van der Waals surface area contributed by atoms with Gasteiger partial charge in [-0.2, -0.15) is 0 Å². The van der Waals surface area contributed by atoms with Crippen LogP contribution < -0.4 is 5.32 Å². The summed E-state index contributed by atoms with van der Waals surface area (Å²) in [5, 5.41) is 7.60. The average Bonchev–Trinajstić information content (AvgIpc) is 3.05. The fraction of sp³-hybridized carbons (Fsp3) is 0.0625. The van der Waals surface area contributed by atoms with Gasteiger partial charge in [0.2, 0.25) is 0 Å². The Balaban J connectivity index is 1.86. The third-order valence-corrected chi connectivity index (χ3v) is 4.84. The van der Waals surface area contributed by atoms with Gasteiger partial charge in [-0.15, -0.1) is 16.9 Å². The van der Waals surface area contributed by atoms with Gasteiger partial charge in [-0.25, -0.2) is 0 Å². The zero-order chi connectivity index (χ0) is 16.2. The minimum absolute atomic E-state index is 0.219. The van der Waals surface area contributed by atoms with Crippen molar-refractivity contribution in [3.05, 3.63) is 58.4 Å². The maximum atomic E-state index is 12.5. The molecule has 3 rings (SSSR count). The Morgan fingerprint density at radius 2 is 2.00 bits per heavy atom. The van der Waals surface area contributed by atoms with Crippen molar-refractivity contribution in [2.75, 3.05) is 11.6 Å². The topological polar surface area (TPSA) is 54.9 Å². The number of nitrogens with one attached hydrogen (secondary N) is 1. The number of aromatic nitrogens is 2. The van der Waals surface area contributed by atoms with Gasteiger partial charge in [0.25, 0.3) is 5.91 Å². The molecule has 1 heterocycles. The summed E-state index contributed by atoms with van der Waals surface area (Å²) in [7, 11) is 0. The van der Waals surface area contributed by atoms with Gasteiger partial charge < -0.3 is 5.32 Å². The van der Waals surface area contributed by atoms with Gasteiger partial charge in [-0.3, -0.25) is 4.79 Å². The summed E-state index contributed by atoms with van der Waals surface area (Å²) in [5.74, 6) is -0.219. The first-order valence-corrected chi connectivity index (χ1v) is 9.08. The third kappa shape index (κ3) is 3.72. The lowest BCUT2D eigenvalue weighted by Crippen LogP contribution is -2.11. The van der Waals surface area contributed by atoms with Gasteiger partial charge in [-0.05, 0) is 48.1 Å². The van der Waals surface area contributed by atoms with Crippen LogP contribution in [0.2, 0.25) is 5.02 Å². The van der Waals surface area contributed by atoms with Crippen molar-refractivity contribution < 1.29 is 4.79 Å². The highest BCUT2D eigenvalue weighted by molar-refractivity contribution is 7.98. The summed E-state index contributed by atoms with van der Waals surface area (Å²) in [5.41, 5.74) is 2.12. The molecule has 0 radical (unpaired) electrons. The molecule has 0 saturated carbocycles. The Morgan fingerprint density at radius 1 is 1.22 bits per heavy atom. The van der Waals surface area contributed by atoms with Crippen molar-refractivity contribution in [1.29, 1.82) is 0 Å².